The van der Waals surface area contributed by atoms with Gasteiger partial charge in [0, 0.05) is 14.4 Å². The van der Waals surface area contributed by atoms with Crippen LogP contribution in [0, 0.1) is 0 Å². The van der Waals surface area contributed by atoms with Crippen molar-refractivity contribution in [3.05, 3.63) is 58.0 Å². The third-order valence-corrected chi connectivity index (χ3v) is 4.68. The first-order valence-corrected chi connectivity index (χ1v) is 8.09. The van der Waals surface area contributed by atoms with Gasteiger partial charge in [-0.1, -0.05) is 23.7 Å². The van der Waals surface area contributed by atoms with Gasteiger partial charge in [0.1, 0.15) is 0 Å². The van der Waals surface area contributed by atoms with Gasteiger partial charge in [0.2, 0.25) is 5.91 Å². The van der Waals surface area contributed by atoms with E-state index in [-0.39, 0.29) is 11.2 Å². The second kappa shape index (κ2) is 7.16. The fourth-order valence-corrected chi connectivity index (χ4v) is 2.95. The molecule has 2 nitrogen and oxygen atoms in total. The van der Waals surface area contributed by atoms with Crippen LogP contribution in [0.15, 0.2) is 57.9 Å². The van der Waals surface area contributed by atoms with Crippen molar-refractivity contribution < 1.29 is 4.79 Å². The zero-order chi connectivity index (χ0) is 14.5. The molecule has 0 spiro atoms. The minimum Gasteiger partial charge on any atom is -0.324 e. The predicted octanol–water partition coefficient (Wildman–Crippen LogP) is 5.22. The van der Waals surface area contributed by atoms with Crippen molar-refractivity contribution in [1.82, 2.24) is 0 Å². The summed E-state index contributed by atoms with van der Waals surface area (Å²) in [5.74, 6) is -0.0307. The van der Waals surface area contributed by atoms with Gasteiger partial charge in [0.05, 0.1) is 10.9 Å². The van der Waals surface area contributed by atoms with E-state index in [0.29, 0.717) is 5.02 Å². The van der Waals surface area contributed by atoms with E-state index >= 15 is 0 Å². The number of nitrogens with one attached hydrogen (secondary N) is 1. The maximum absolute atomic E-state index is 12.2. The van der Waals surface area contributed by atoms with Gasteiger partial charge in [-0.2, -0.15) is 0 Å². The Hall–Kier alpha value is -0.970. The van der Waals surface area contributed by atoms with Crippen molar-refractivity contribution in [2.24, 2.45) is 0 Å². The average molecular weight is 371 g/mol. The second-order valence-electron chi connectivity index (χ2n) is 4.18. The van der Waals surface area contributed by atoms with Gasteiger partial charge in [0.15, 0.2) is 0 Å². The van der Waals surface area contributed by atoms with Crippen LogP contribution in [-0.4, -0.2) is 11.2 Å². The van der Waals surface area contributed by atoms with E-state index in [1.807, 2.05) is 55.5 Å². The molecule has 1 N–H and O–H groups in total. The third-order valence-electron chi connectivity index (χ3n) is 2.63. The van der Waals surface area contributed by atoms with Crippen molar-refractivity contribution in [1.29, 1.82) is 0 Å². The molecule has 0 aliphatic carbocycles. The average Bonchev–Trinajstić information content (AvgIpc) is 2.44. The summed E-state index contributed by atoms with van der Waals surface area (Å²) in [6, 6.07) is 15.0. The highest BCUT2D eigenvalue weighted by molar-refractivity contribution is 9.10. The predicted molar refractivity (Wildman–Crippen MR) is 89.5 cm³/mol. The zero-order valence-corrected chi connectivity index (χ0v) is 13.9. The first kappa shape index (κ1) is 15.4. The molecule has 2 aromatic carbocycles. The highest BCUT2D eigenvalue weighted by Gasteiger charge is 2.15. The van der Waals surface area contributed by atoms with Crippen LogP contribution in [0.4, 0.5) is 5.69 Å². The molecule has 2 rings (SSSR count). The van der Waals surface area contributed by atoms with Crippen molar-refractivity contribution in [2.45, 2.75) is 17.1 Å². The molecule has 0 aromatic heterocycles. The summed E-state index contributed by atoms with van der Waals surface area (Å²) in [4.78, 5) is 13.2. The Kier molecular flexibility index (Phi) is 5.52. The van der Waals surface area contributed by atoms with Gasteiger partial charge in [-0.15, -0.1) is 11.8 Å². The van der Waals surface area contributed by atoms with E-state index in [1.54, 1.807) is 0 Å². The molecule has 1 amide bonds. The molecule has 104 valence electrons. The summed E-state index contributed by atoms with van der Waals surface area (Å²) in [5.41, 5.74) is 0.779. The Morgan fingerprint density at radius 1 is 1.20 bits per heavy atom. The van der Waals surface area contributed by atoms with E-state index in [4.69, 9.17) is 11.6 Å². The Balaban J connectivity index is 1.99. The standard InChI is InChI=1S/C15H13BrClNOS/c1-10(20-12-8-6-11(17)7-9-12)15(19)18-14-5-3-2-4-13(14)16/h2-10H,1H3,(H,18,19)/t10-/m1/s1. The second-order valence-corrected chi connectivity index (χ2v) is 6.89. The molecule has 0 fully saturated rings. The van der Waals surface area contributed by atoms with Crippen LogP contribution in [0.2, 0.25) is 5.02 Å². The normalized spacial score (nSPS) is 11.9. The molecule has 0 unspecified atom stereocenters. The highest BCUT2D eigenvalue weighted by Crippen LogP contribution is 2.27. The van der Waals surface area contributed by atoms with Crippen molar-refractivity contribution >= 4 is 50.9 Å². The number of anilines is 1. The van der Waals surface area contributed by atoms with Gasteiger partial charge in [-0.3, -0.25) is 4.79 Å². The van der Waals surface area contributed by atoms with E-state index in [2.05, 4.69) is 21.2 Å². The fourth-order valence-electron chi connectivity index (χ4n) is 1.57. The minimum absolute atomic E-state index is 0.0307. The molecule has 1 atom stereocenters. The van der Waals surface area contributed by atoms with Crippen molar-refractivity contribution in [3.8, 4) is 0 Å². The fraction of sp³-hybridized carbons (Fsp3) is 0.133. The lowest BCUT2D eigenvalue weighted by Gasteiger charge is -2.13. The molecule has 0 radical (unpaired) electrons. The van der Waals surface area contributed by atoms with Gasteiger partial charge in [-0.05, 0) is 59.3 Å². The number of carbonyl (C=O) groups excluding carboxylic acids is 1. The van der Waals surface area contributed by atoms with E-state index in [0.717, 1.165) is 15.1 Å². The van der Waals surface area contributed by atoms with Crippen LogP contribution in [0.25, 0.3) is 0 Å². The molecule has 0 heterocycles. The third kappa shape index (κ3) is 4.27. The summed E-state index contributed by atoms with van der Waals surface area (Å²) in [5, 5.41) is 3.41. The molecule has 0 bridgehead atoms. The molecule has 0 saturated heterocycles. The Morgan fingerprint density at radius 3 is 2.50 bits per heavy atom. The number of benzene rings is 2. The van der Waals surface area contributed by atoms with Crippen LogP contribution >= 0.6 is 39.3 Å². The summed E-state index contributed by atoms with van der Waals surface area (Å²) in [6.45, 7) is 1.88. The minimum atomic E-state index is -0.191. The quantitative estimate of drug-likeness (QED) is 0.747. The largest absolute Gasteiger partial charge is 0.324 e. The van der Waals surface area contributed by atoms with Crippen LogP contribution in [0.3, 0.4) is 0 Å². The number of halogens is 2. The Morgan fingerprint density at radius 2 is 1.85 bits per heavy atom. The van der Waals surface area contributed by atoms with Gasteiger partial charge >= 0.3 is 0 Å². The van der Waals surface area contributed by atoms with Gasteiger partial charge < -0.3 is 5.32 Å². The Labute approximate surface area is 136 Å². The molecule has 0 aliphatic heterocycles. The molecular formula is C15H13BrClNOS. The summed E-state index contributed by atoms with van der Waals surface area (Å²) < 4.78 is 0.872. The zero-order valence-electron chi connectivity index (χ0n) is 10.8. The molecule has 0 aliphatic rings. The first-order valence-electron chi connectivity index (χ1n) is 6.04. The first-order chi connectivity index (χ1) is 9.56. The molecule has 5 heteroatoms. The number of carbonyl (C=O) groups is 1. The molecule has 0 saturated carbocycles. The topological polar surface area (TPSA) is 29.1 Å². The number of hydrogen-bond acceptors (Lipinski definition) is 2. The summed E-state index contributed by atoms with van der Waals surface area (Å²) in [6.07, 6.45) is 0. The van der Waals surface area contributed by atoms with Crippen LogP contribution in [0.1, 0.15) is 6.92 Å². The lowest BCUT2D eigenvalue weighted by Crippen LogP contribution is -2.22. The smallest absolute Gasteiger partial charge is 0.237 e. The maximum Gasteiger partial charge on any atom is 0.237 e. The van der Waals surface area contributed by atoms with Crippen LogP contribution < -0.4 is 5.32 Å². The van der Waals surface area contributed by atoms with E-state index < -0.39 is 0 Å². The lowest BCUT2D eigenvalue weighted by atomic mass is 10.3. The van der Waals surface area contributed by atoms with Crippen molar-refractivity contribution in [2.75, 3.05) is 5.32 Å². The number of thioether (sulfide) groups is 1. The van der Waals surface area contributed by atoms with E-state index in [9.17, 15) is 4.79 Å². The van der Waals surface area contributed by atoms with Crippen molar-refractivity contribution in [3.63, 3.8) is 0 Å². The maximum atomic E-state index is 12.2. The molecule has 2 aromatic rings. The number of amides is 1. The van der Waals surface area contributed by atoms with E-state index in [1.165, 1.54) is 11.8 Å². The molecular weight excluding hydrogens is 358 g/mol. The summed E-state index contributed by atoms with van der Waals surface area (Å²) in [7, 11) is 0. The Bertz CT molecular complexity index is 603. The van der Waals surface area contributed by atoms with Crippen LogP contribution in [-0.2, 0) is 4.79 Å². The number of hydrogen-bond donors (Lipinski definition) is 1. The van der Waals surface area contributed by atoms with Gasteiger partial charge in [0.25, 0.3) is 0 Å². The highest BCUT2D eigenvalue weighted by atomic mass is 79.9. The monoisotopic (exact) mass is 369 g/mol. The number of rotatable bonds is 4. The number of para-hydroxylation sites is 1. The van der Waals surface area contributed by atoms with Gasteiger partial charge in [-0.25, -0.2) is 0 Å². The lowest BCUT2D eigenvalue weighted by molar-refractivity contribution is -0.115. The van der Waals surface area contributed by atoms with Crippen LogP contribution in [0.5, 0.6) is 0 Å². The molecule has 20 heavy (non-hydrogen) atoms. The SMILES string of the molecule is C[C@@H](Sc1ccc(Cl)cc1)C(=O)Nc1ccccc1Br. The summed E-state index contributed by atoms with van der Waals surface area (Å²) >= 11 is 10.8.